The van der Waals surface area contributed by atoms with Crippen LogP contribution >= 0.6 is 0 Å². The third kappa shape index (κ3) is 2.43. The van der Waals surface area contributed by atoms with E-state index in [1.54, 1.807) is 0 Å². The highest BCUT2D eigenvalue weighted by molar-refractivity contribution is 5.74. The van der Waals surface area contributed by atoms with Crippen molar-refractivity contribution in [3.05, 3.63) is 23.5 Å². The van der Waals surface area contributed by atoms with Crippen molar-refractivity contribution in [3.63, 3.8) is 0 Å². The molecular formula is C14H17FN2O3. The molecule has 0 aromatic heterocycles. The summed E-state index contributed by atoms with van der Waals surface area (Å²) in [5, 5.41) is 12.3. The predicted octanol–water partition coefficient (Wildman–Crippen LogP) is 1.01. The van der Waals surface area contributed by atoms with Crippen molar-refractivity contribution in [1.29, 1.82) is 0 Å². The molecule has 108 valence electrons. The molecule has 0 spiro atoms. The maximum atomic E-state index is 13.8. The first-order chi connectivity index (χ1) is 9.65. The third-order valence-electron chi connectivity index (χ3n) is 3.78. The summed E-state index contributed by atoms with van der Waals surface area (Å²) in [5.74, 6) is -0.729. The maximum absolute atomic E-state index is 13.8. The van der Waals surface area contributed by atoms with Crippen molar-refractivity contribution in [2.24, 2.45) is 0 Å². The summed E-state index contributed by atoms with van der Waals surface area (Å²) in [6.07, 6.45) is 0.0743. The topological polar surface area (TPSA) is 61.8 Å². The molecule has 1 fully saturated rings. The van der Waals surface area contributed by atoms with Crippen LogP contribution in [0.5, 0.6) is 5.75 Å². The van der Waals surface area contributed by atoms with Crippen LogP contribution in [-0.2, 0) is 11.2 Å². The van der Waals surface area contributed by atoms with Crippen molar-refractivity contribution in [2.45, 2.75) is 18.9 Å². The van der Waals surface area contributed by atoms with Crippen molar-refractivity contribution in [2.75, 3.05) is 31.1 Å². The number of fused-ring (bicyclic) bond motifs is 1. The molecule has 5 nitrogen and oxygen atoms in total. The molecular weight excluding hydrogens is 263 g/mol. The van der Waals surface area contributed by atoms with Crippen LogP contribution in [0.4, 0.5) is 10.1 Å². The number of aliphatic carboxylic acids is 1. The molecule has 3 rings (SSSR count). The van der Waals surface area contributed by atoms with E-state index in [9.17, 15) is 9.18 Å². The van der Waals surface area contributed by atoms with E-state index in [0.717, 1.165) is 31.7 Å². The van der Waals surface area contributed by atoms with Gasteiger partial charge >= 0.3 is 5.97 Å². The Morgan fingerprint density at radius 2 is 2.15 bits per heavy atom. The molecule has 1 atom stereocenters. The number of rotatable bonds is 2. The van der Waals surface area contributed by atoms with Gasteiger partial charge in [0.05, 0.1) is 5.69 Å². The second kappa shape index (κ2) is 5.28. The van der Waals surface area contributed by atoms with Crippen LogP contribution in [0.15, 0.2) is 12.1 Å². The SMILES string of the molecule is O=C(O)C1CCc2cc(F)cc(N3CCNCC3)c2O1. The van der Waals surface area contributed by atoms with E-state index in [1.807, 2.05) is 4.90 Å². The number of halogens is 1. The first kappa shape index (κ1) is 13.2. The minimum absolute atomic E-state index is 0.297. The average molecular weight is 280 g/mol. The van der Waals surface area contributed by atoms with Gasteiger partial charge in [-0.1, -0.05) is 0 Å². The minimum Gasteiger partial charge on any atom is -0.479 e. The molecule has 0 aliphatic carbocycles. The first-order valence-electron chi connectivity index (χ1n) is 6.82. The Kier molecular flexibility index (Phi) is 3.48. The molecule has 0 radical (unpaired) electrons. The van der Waals surface area contributed by atoms with E-state index >= 15 is 0 Å². The highest BCUT2D eigenvalue weighted by atomic mass is 19.1. The van der Waals surface area contributed by atoms with Gasteiger partial charge in [0.1, 0.15) is 11.6 Å². The Morgan fingerprint density at radius 1 is 1.40 bits per heavy atom. The number of anilines is 1. The van der Waals surface area contributed by atoms with E-state index in [4.69, 9.17) is 9.84 Å². The molecule has 0 bridgehead atoms. The fourth-order valence-electron chi connectivity index (χ4n) is 2.76. The van der Waals surface area contributed by atoms with Crippen LogP contribution in [0, 0.1) is 5.82 Å². The zero-order valence-corrected chi connectivity index (χ0v) is 11.1. The van der Waals surface area contributed by atoms with Gasteiger partial charge in [-0.25, -0.2) is 9.18 Å². The summed E-state index contributed by atoms with van der Waals surface area (Å²) < 4.78 is 19.4. The van der Waals surface area contributed by atoms with Crippen LogP contribution in [0.1, 0.15) is 12.0 Å². The summed E-state index contributed by atoms with van der Waals surface area (Å²) in [4.78, 5) is 13.1. The number of piperazine rings is 1. The Bertz CT molecular complexity index is 529. The number of hydrogen-bond donors (Lipinski definition) is 2. The minimum atomic E-state index is -0.966. The quantitative estimate of drug-likeness (QED) is 0.846. The molecule has 2 aliphatic rings. The number of nitrogens with one attached hydrogen (secondary N) is 1. The summed E-state index contributed by atoms with van der Waals surface area (Å²) in [5.41, 5.74) is 1.43. The number of carboxylic acid groups (broad SMARTS) is 1. The lowest BCUT2D eigenvalue weighted by Gasteiger charge is -2.33. The van der Waals surface area contributed by atoms with Gasteiger partial charge in [-0.3, -0.25) is 0 Å². The standard InChI is InChI=1S/C14H17FN2O3/c15-10-7-9-1-2-12(14(18)19)20-13(9)11(8-10)17-5-3-16-4-6-17/h7-8,12,16H,1-6H2,(H,18,19). The van der Waals surface area contributed by atoms with E-state index in [-0.39, 0.29) is 5.82 Å². The molecule has 6 heteroatoms. The lowest BCUT2D eigenvalue weighted by atomic mass is 10.0. The van der Waals surface area contributed by atoms with Gasteiger partial charge in [0.15, 0.2) is 6.10 Å². The maximum Gasteiger partial charge on any atom is 0.344 e. The molecule has 1 unspecified atom stereocenters. The van der Waals surface area contributed by atoms with Gasteiger partial charge in [0.2, 0.25) is 0 Å². The highest BCUT2D eigenvalue weighted by Crippen LogP contribution is 2.38. The Morgan fingerprint density at radius 3 is 2.85 bits per heavy atom. The van der Waals surface area contributed by atoms with Gasteiger partial charge in [0.25, 0.3) is 0 Å². The normalized spacial score (nSPS) is 22.1. The van der Waals surface area contributed by atoms with E-state index in [0.29, 0.717) is 24.3 Å². The molecule has 20 heavy (non-hydrogen) atoms. The van der Waals surface area contributed by atoms with Crippen LogP contribution < -0.4 is 15.0 Å². The summed E-state index contributed by atoms with van der Waals surface area (Å²) in [7, 11) is 0. The first-order valence-corrected chi connectivity index (χ1v) is 6.82. The summed E-state index contributed by atoms with van der Waals surface area (Å²) in [6.45, 7) is 3.18. The molecule has 0 saturated carbocycles. The van der Waals surface area contributed by atoms with Crippen LogP contribution in [0.3, 0.4) is 0 Å². The van der Waals surface area contributed by atoms with Crippen LogP contribution in [0.2, 0.25) is 0 Å². The molecule has 0 amide bonds. The largest absolute Gasteiger partial charge is 0.479 e. The smallest absolute Gasteiger partial charge is 0.344 e. The fraction of sp³-hybridized carbons (Fsp3) is 0.500. The molecule has 2 heterocycles. The van der Waals surface area contributed by atoms with Gasteiger partial charge in [-0.15, -0.1) is 0 Å². The number of carbonyl (C=O) groups is 1. The van der Waals surface area contributed by atoms with Crippen molar-refractivity contribution < 1.29 is 19.0 Å². The second-order valence-corrected chi connectivity index (χ2v) is 5.13. The molecule has 2 aliphatic heterocycles. The Hall–Kier alpha value is -1.82. The average Bonchev–Trinajstić information content (AvgIpc) is 2.46. The molecule has 1 aromatic rings. The molecule has 1 saturated heterocycles. The summed E-state index contributed by atoms with van der Waals surface area (Å²) >= 11 is 0. The van der Waals surface area contributed by atoms with Crippen LogP contribution in [-0.4, -0.2) is 43.4 Å². The molecule has 1 aromatic carbocycles. The number of carboxylic acids is 1. The Balaban J connectivity index is 1.97. The van der Waals surface area contributed by atoms with Gasteiger partial charge in [-0.05, 0) is 24.5 Å². The van der Waals surface area contributed by atoms with Gasteiger partial charge in [0, 0.05) is 32.2 Å². The molecule has 2 N–H and O–H groups in total. The Labute approximate surface area is 116 Å². The number of benzene rings is 1. The van der Waals surface area contributed by atoms with Crippen molar-refractivity contribution >= 4 is 11.7 Å². The van der Waals surface area contributed by atoms with E-state index < -0.39 is 12.1 Å². The van der Waals surface area contributed by atoms with E-state index in [2.05, 4.69) is 5.32 Å². The van der Waals surface area contributed by atoms with Gasteiger partial charge in [-0.2, -0.15) is 0 Å². The highest BCUT2D eigenvalue weighted by Gasteiger charge is 2.29. The zero-order chi connectivity index (χ0) is 14.1. The second-order valence-electron chi connectivity index (χ2n) is 5.13. The van der Waals surface area contributed by atoms with Gasteiger partial charge < -0.3 is 20.1 Å². The third-order valence-corrected chi connectivity index (χ3v) is 3.78. The summed E-state index contributed by atoms with van der Waals surface area (Å²) in [6, 6.07) is 2.88. The van der Waals surface area contributed by atoms with E-state index in [1.165, 1.54) is 12.1 Å². The fourth-order valence-corrected chi connectivity index (χ4v) is 2.76. The number of ether oxygens (including phenoxy) is 1. The van der Waals surface area contributed by atoms with Crippen molar-refractivity contribution in [3.8, 4) is 5.75 Å². The number of hydrogen-bond acceptors (Lipinski definition) is 4. The monoisotopic (exact) mass is 280 g/mol. The number of nitrogens with zero attached hydrogens (tertiary/aromatic N) is 1. The van der Waals surface area contributed by atoms with Crippen LogP contribution in [0.25, 0.3) is 0 Å². The van der Waals surface area contributed by atoms with Crippen molar-refractivity contribution in [1.82, 2.24) is 5.32 Å². The lowest BCUT2D eigenvalue weighted by Crippen LogP contribution is -2.44. The number of aryl methyl sites for hydroxylation is 1. The zero-order valence-electron chi connectivity index (χ0n) is 11.1. The lowest BCUT2D eigenvalue weighted by molar-refractivity contribution is -0.145. The predicted molar refractivity (Wildman–Crippen MR) is 71.9 cm³/mol.